The van der Waals surface area contributed by atoms with Crippen LogP contribution in [0.1, 0.15) is 19.4 Å². The Bertz CT molecular complexity index is 928. The third-order valence-corrected chi connectivity index (χ3v) is 4.80. The minimum absolute atomic E-state index is 0.113. The third-order valence-electron chi connectivity index (χ3n) is 3.77. The van der Waals surface area contributed by atoms with Crippen molar-refractivity contribution in [3.05, 3.63) is 54.1 Å². The van der Waals surface area contributed by atoms with E-state index in [2.05, 4.69) is 20.8 Å². The van der Waals surface area contributed by atoms with Gasteiger partial charge in [-0.25, -0.2) is 0 Å². The molecule has 0 fully saturated rings. The van der Waals surface area contributed by atoms with Gasteiger partial charge in [0.25, 0.3) is 0 Å². The first-order valence-corrected chi connectivity index (χ1v) is 9.51. The lowest BCUT2D eigenvalue weighted by atomic mass is 10.2. The van der Waals surface area contributed by atoms with Crippen LogP contribution in [0.2, 0.25) is 0 Å². The molecule has 3 aromatic rings. The maximum Gasteiger partial charge on any atom is 0.237 e. The molecule has 2 aromatic carbocycles. The Morgan fingerprint density at radius 3 is 2.85 bits per heavy atom. The number of tetrazole rings is 1. The van der Waals surface area contributed by atoms with E-state index in [0.717, 1.165) is 16.9 Å². The summed E-state index contributed by atoms with van der Waals surface area (Å²) in [7, 11) is 0. The van der Waals surface area contributed by atoms with E-state index in [1.165, 1.54) is 11.8 Å². The fraction of sp³-hybridized carbons (Fsp3) is 0.263. The molecule has 0 aliphatic heterocycles. The average Bonchev–Trinajstić information content (AvgIpc) is 3.10. The Balaban J connectivity index is 1.75. The van der Waals surface area contributed by atoms with Crippen molar-refractivity contribution < 1.29 is 9.53 Å². The fourth-order valence-corrected chi connectivity index (χ4v) is 3.29. The first-order valence-electron chi connectivity index (χ1n) is 8.63. The second kappa shape index (κ2) is 8.68. The van der Waals surface area contributed by atoms with Crippen molar-refractivity contribution in [2.75, 3.05) is 11.9 Å². The van der Waals surface area contributed by atoms with Crippen LogP contribution in [0.4, 0.5) is 5.69 Å². The van der Waals surface area contributed by atoms with E-state index in [1.54, 1.807) is 4.68 Å². The standard InChI is InChI=1S/C19H21N5O2S/c1-4-26-17-11-6-5-10-16(17)24-19(21-22-23-24)27-14(3)18(25)20-15-9-7-8-13(2)12-15/h5-12,14H,4H2,1-3H3,(H,20,25). The summed E-state index contributed by atoms with van der Waals surface area (Å²) in [4.78, 5) is 12.5. The van der Waals surface area contributed by atoms with E-state index in [9.17, 15) is 4.79 Å². The second-order valence-corrected chi connectivity index (χ2v) is 7.20. The zero-order chi connectivity index (χ0) is 19.2. The van der Waals surface area contributed by atoms with Crippen LogP contribution in [-0.2, 0) is 4.79 Å². The molecule has 7 nitrogen and oxygen atoms in total. The van der Waals surface area contributed by atoms with Gasteiger partial charge in [-0.05, 0) is 61.0 Å². The molecule has 0 spiro atoms. The van der Waals surface area contributed by atoms with Gasteiger partial charge in [-0.3, -0.25) is 4.79 Å². The fourth-order valence-electron chi connectivity index (χ4n) is 2.49. The number of anilines is 1. The van der Waals surface area contributed by atoms with Crippen molar-refractivity contribution in [1.29, 1.82) is 0 Å². The van der Waals surface area contributed by atoms with Gasteiger partial charge >= 0.3 is 0 Å². The Labute approximate surface area is 162 Å². The first kappa shape index (κ1) is 18.9. The number of amides is 1. The molecule has 1 unspecified atom stereocenters. The Morgan fingerprint density at radius 1 is 1.26 bits per heavy atom. The summed E-state index contributed by atoms with van der Waals surface area (Å²) in [5.74, 6) is 0.573. The molecule has 0 aliphatic rings. The molecule has 0 bridgehead atoms. The number of thioether (sulfide) groups is 1. The van der Waals surface area contributed by atoms with Crippen molar-refractivity contribution in [2.24, 2.45) is 0 Å². The summed E-state index contributed by atoms with van der Waals surface area (Å²) in [6.07, 6.45) is 0. The van der Waals surface area contributed by atoms with E-state index in [1.807, 2.05) is 69.3 Å². The average molecular weight is 383 g/mol. The normalized spacial score (nSPS) is 11.8. The van der Waals surface area contributed by atoms with Crippen LogP contribution in [0, 0.1) is 6.92 Å². The molecule has 140 valence electrons. The number of hydrogen-bond donors (Lipinski definition) is 1. The van der Waals surface area contributed by atoms with Gasteiger partial charge in [0, 0.05) is 5.69 Å². The van der Waals surface area contributed by atoms with Crippen molar-refractivity contribution in [3.8, 4) is 11.4 Å². The second-order valence-electron chi connectivity index (χ2n) is 5.89. The van der Waals surface area contributed by atoms with E-state index < -0.39 is 0 Å². The molecule has 27 heavy (non-hydrogen) atoms. The number of rotatable bonds is 7. The number of nitrogens with zero attached hydrogens (tertiary/aromatic N) is 4. The van der Waals surface area contributed by atoms with Crippen LogP contribution in [0.15, 0.2) is 53.7 Å². The van der Waals surface area contributed by atoms with Crippen molar-refractivity contribution in [1.82, 2.24) is 20.2 Å². The predicted octanol–water partition coefficient (Wildman–Crippen LogP) is 3.49. The number of carbonyl (C=O) groups excluding carboxylic acids is 1. The molecule has 8 heteroatoms. The van der Waals surface area contributed by atoms with Crippen LogP contribution >= 0.6 is 11.8 Å². The zero-order valence-corrected chi connectivity index (χ0v) is 16.2. The monoisotopic (exact) mass is 383 g/mol. The zero-order valence-electron chi connectivity index (χ0n) is 15.4. The molecule has 0 aliphatic carbocycles. The van der Waals surface area contributed by atoms with Gasteiger partial charge in [-0.2, -0.15) is 4.68 Å². The smallest absolute Gasteiger partial charge is 0.237 e. The van der Waals surface area contributed by atoms with Crippen molar-refractivity contribution >= 4 is 23.4 Å². The number of aromatic nitrogens is 4. The minimum Gasteiger partial charge on any atom is -0.492 e. The molecule has 0 saturated carbocycles. The van der Waals surface area contributed by atoms with Crippen LogP contribution in [0.5, 0.6) is 5.75 Å². The lowest BCUT2D eigenvalue weighted by molar-refractivity contribution is -0.115. The topological polar surface area (TPSA) is 81.9 Å². The molecule has 1 aromatic heterocycles. The lowest BCUT2D eigenvalue weighted by Crippen LogP contribution is -2.23. The largest absolute Gasteiger partial charge is 0.492 e. The maximum atomic E-state index is 12.5. The maximum absolute atomic E-state index is 12.5. The number of ether oxygens (including phenoxy) is 1. The summed E-state index contributed by atoms with van der Waals surface area (Å²) < 4.78 is 7.24. The molecule has 1 amide bonds. The van der Waals surface area contributed by atoms with Crippen LogP contribution < -0.4 is 10.1 Å². The van der Waals surface area contributed by atoms with E-state index in [-0.39, 0.29) is 11.2 Å². The van der Waals surface area contributed by atoms with E-state index in [0.29, 0.717) is 17.5 Å². The van der Waals surface area contributed by atoms with Gasteiger partial charge in [-0.15, -0.1) is 5.10 Å². The van der Waals surface area contributed by atoms with Crippen LogP contribution in [0.25, 0.3) is 5.69 Å². The highest BCUT2D eigenvalue weighted by molar-refractivity contribution is 8.00. The first-order chi connectivity index (χ1) is 13.1. The highest BCUT2D eigenvalue weighted by Crippen LogP contribution is 2.28. The van der Waals surface area contributed by atoms with Crippen molar-refractivity contribution in [2.45, 2.75) is 31.2 Å². The predicted molar refractivity (Wildman–Crippen MR) is 105 cm³/mol. The summed E-state index contributed by atoms with van der Waals surface area (Å²) in [6.45, 7) is 6.27. The summed E-state index contributed by atoms with van der Waals surface area (Å²) in [5.41, 5.74) is 2.59. The Kier molecular flexibility index (Phi) is 6.08. The Morgan fingerprint density at radius 2 is 2.07 bits per heavy atom. The highest BCUT2D eigenvalue weighted by Gasteiger charge is 2.20. The van der Waals surface area contributed by atoms with Gasteiger partial charge in [0.1, 0.15) is 11.4 Å². The third kappa shape index (κ3) is 4.65. The summed E-state index contributed by atoms with van der Waals surface area (Å²) in [5, 5.41) is 15.0. The quantitative estimate of drug-likeness (QED) is 0.629. The molecular weight excluding hydrogens is 362 g/mol. The molecular formula is C19H21N5O2S. The molecule has 0 radical (unpaired) electrons. The van der Waals surface area contributed by atoms with Gasteiger partial charge in [0.2, 0.25) is 11.1 Å². The van der Waals surface area contributed by atoms with Gasteiger partial charge in [-0.1, -0.05) is 36.0 Å². The number of para-hydroxylation sites is 2. The molecule has 1 heterocycles. The molecule has 3 rings (SSSR count). The molecule has 0 saturated heterocycles. The number of aryl methyl sites for hydroxylation is 1. The SMILES string of the molecule is CCOc1ccccc1-n1nnnc1SC(C)C(=O)Nc1cccc(C)c1. The van der Waals surface area contributed by atoms with Crippen molar-refractivity contribution in [3.63, 3.8) is 0 Å². The van der Waals surface area contributed by atoms with Crippen LogP contribution in [0.3, 0.4) is 0 Å². The number of carbonyl (C=O) groups is 1. The number of benzene rings is 2. The van der Waals surface area contributed by atoms with Gasteiger partial charge in [0.05, 0.1) is 11.9 Å². The van der Waals surface area contributed by atoms with Gasteiger partial charge < -0.3 is 10.1 Å². The minimum atomic E-state index is -0.380. The van der Waals surface area contributed by atoms with E-state index >= 15 is 0 Å². The number of hydrogen-bond acceptors (Lipinski definition) is 6. The Hall–Kier alpha value is -2.87. The molecule has 1 atom stereocenters. The summed E-state index contributed by atoms with van der Waals surface area (Å²) >= 11 is 1.29. The van der Waals surface area contributed by atoms with E-state index in [4.69, 9.17) is 4.74 Å². The number of nitrogens with one attached hydrogen (secondary N) is 1. The molecule has 1 N–H and O–H groups in total. The highest BCUT2D eigenvalue weighted by atomic mass is 32.2. The van der Waals surface area contributed by atoms with Crippen LogP contribution in [-0.4, -0.2) is 38.0 Å². The summed E-state index contributed by atoms with van der Waals surface area (Å²) in [6, 6.07) is 15.2. The lowest BCUT2D eigenvalue weighted by Gasteiger charge is -2.13. The van der Waals surface area contributed by atoms with Gasteiger partial charge in [0.15, 0.2) is 0 Å².